The highest BCUT2D eigenvalue weighted by Gasteiger charge is 1.99. The summed E-state index contributed by atoms with van der Waals surface area (Å²) in [6.45, 7) is 1.93. The molecule has 4 nitrogen and oxygen atoms in total. The summed E-state index contributed by atoms with van der Waals surface area (Å²) in [5, 5.41) is 9.20. The molecule has 0 aromatic carbocycles. The number of carboxylic acid groups (broad SMARTS) is 1. The van der Waals surface area contributed by atoms with E-state index in [1.165, 1.54) is 0 Å². The van der Waals surface area contributed by atoms with E-state index in [0.717, 1.165) is 23.0 Å². The fourth-order valence-electron chi connectivity index (χ4n) is 1.04. The molecule has 0 bridgehead atoms. The zero-order valence-electron chi connectivity index (χ0n) is 8.64. The van der Waals surface area contributed by atoms with Crippen LogP contribution < -0.4 is 0 Å². The van der Waals surface area contributed by atoms with Crippen molar-refractivity contribution in [3.05, 3.63) is 18.0 Å². The highest BCUT2D eigenvalue weighted by molar-refractivity contribution is 7.99. The first-order chi connectivity index (χ1) is 7.18. The number of carbonyl (C=O) groups is 1. The first kappa shape index (κ1) is 12.0. The van der Waals surface area contributed by atoms with Crippen molar-refractivity contribution in [3.63, 3.8) is 0 Å². The molecule has 0 radical (unpaired) electrons. The van der Waals surface area contributed by atoms with Gasteiger partial charge in [0.15, 0.2) is 5.16 Å². The van der Waals surface area contributed by atoms with Crippen LogP contribution in [0.1, 0.15) is 25.0 Å². The molecule has 0 aliphatic heterocycles. The van der Waals surface area contributed by atoms with Crippen LogP contribution in [-0.4, -0.2) is 26.8 Å². The molecule has 82 valence electrons. The second-order valence-corrected chi connectivity index (χ2v) is 4.24. The van der Waals surface area contributed by atoms with E-state index in [1.54, 1.807) is 18.0 Å². The Morgan fingerprint density at radius 1 is 1.53 bits per heavy atom. The van der Waals surface area contributed by atoms with Gasteiger partial charge in [0.1, 0.15) is 0 Å². The fraction of sp³-hybridized carbons (Fsp3) is 0.500. The van der Waals surface area contributed by atoms with Gasteiger partial charge in [0, 0.05) is 24.1 Å². The molecule has 0 unspecified atom stereocenters. The Kier molecular flexibility index (Phi) is 5.10. The molecule has 1 aromatic heterocycles. The quantitative estimate of drug-likeness (QED) is 0.457. The van der Waals surface area contributed by atoms with Crippen LogP contribution in [0.4, 0.5) is 0 Å². The number of carboxylic acids is 1. The number of rotatable bonds is 6. The third-order valence-corrected chi connectivity index (χ3v) is 2.74. The summed E-state index contributed by atoms with van der Waals surface area (Å²) in [5.41, 5.74) is 0.957. The summed E-state index contributed by atoms with van der Waals surface area (Å²) < 4.78 is 0. The molecular weight excluding hydrogens is 212 g/mol. The molecular formula is C10H14N2O2S. The number of unbranched alkanes of at least 4 members (excludes halogenated alkanes) is 1. The molecule has 5 heteroatoms. The number of aliphatic carboxylic acids is 1. The molecule has 15 heavy (non-hydrogen) atoms. The standard InChI is InChI=1S/C10H14N2O2S/c1-8-5-6-11-10(12-8)15-7-3-2-4-9(13)14/h5-6H,2-4,7H2,1H3,(H,13,14). The highest BCUT2D eigenvalue weighted by atomic mass is 32.2. The van der Waals surface area contributed by atoms with Gasteiger partial charge in [-0.2, -0.15) is 0 Å². The maximum absolute atomic E-state index is 10.2. The Hall–Kier alpha value is -1.10. The van der Waals surface area contributed by atoms with Crippen LogP contribution in [0.15, 0.2) is 17.4 Å². The normalized spacial score (nSPS) is 10.2. The van der Waals surface area contributed by atoms with E-state index in [2.05, 4.69) is 9.97 Å². The zero-order chi connectivity index (χ0) is 11.1. The monoisotopic (exact) mass is 226 g/mol. The van der Waals surface area contributed by atoms with Gasteiger partial charge >= 0.3 is 5.97 Å². The molecule has 1 heterocycles. The molecule has 0 amide bonds. The average Bonchev–Trinajstić information content (AvgIpc) is 2.17. The second-order valence-electron chi connectivity index (χ2n) is 3.18. The van der Waals surface area contributed by atoms with Crippen molar-refractivity contribution in [2.24, 2.45) is 0 Å². The third-order valence-electron chi connectivity index (χ3n) is 1.79. The predicted molar refractivity (Wildman–Crippen MR) is 59.0 cm³/mol. The number of hydrogen-bond acceptors (Lipinski definition) is 4. The van der Waals surface area contributed by atoms with E-state index in [0.29, 0.717) is 6.42 Å². The van der Waals surface area contributed by atoms with Crippen LogP contribution in [0.25, 0.3) is 0 Å². The van der Waals surface area contributed by atoms with Gasteiger partial charge in [-0.3, -0.25) is 4.79 Å². The number of aromatic nitrogens is 2. The molecule has 0 atom stereocenters. The second kappa shape index (κ2) is 6.40. The van der Waals surface area contributed by atoms with E-state index in [9.17, 15) is 4.79 Å². The van der Waals surface area contributed by atoms with Crippen LogP contribution in [0.5, 0.6) is 0 Å². The summed E-state index contributed by atoms with van der Waals surface area (Å²) in [6.07, 6.45) is 3.58. The van der Waals surface area contributed by atoms with Gasteiger partial charge in [-0.25, -0.2) is 9.97 Å². The molecule has 0 aliphatic rings. The first-order valence-corrected chi connectivity index (χ1v) is 5.81. The van der Waals surface area contributed by atoms with Crippen molar-refractivity contribution < 1.29 is 9.90 Å². The van der Waals surface area contributed by atoms with Crippen molar-refractivity contribution in [1.29, 1.82) is 0 Å². The molecule has 1 rings (SSSR count). The summed E-state index contributed by atoms with van der Waals surface area (Å²) >= 11 is 1.57. The zero-order valence-corrected chi connectivity index (χ0v) is 9.46. The smallest absolute Gasteiger partial charge is 0.303 e. The molecule has 1 N–H and O–H groups in total. The van der Waals surface area contributed by atoms with Crippen molar-refractivity contribution >= 4 is 17.7 Å². The molecule has 1 aromatic rings. The summed E-state index contributed by atoms with van der Waals surface area (Å²) in [4.78, 5) is 18.6. The lowest BCUT2D eigenvalue weighted by Crippen LogP contribution is -1.95. The maximum atomic E-state index is 10.2. The number of hydrogen-bond donors (Lipinski definition) is 1. The third kappa shape index (κ3) is 5.37. The molecule has 0 saturated carbocycles. The minimum Gasteiger partial charge on any atom is -0.481 e. The van der Waals surface area contributed by atoms with Gasteiger partial charge in [0.05, 0.1) is 0 Å². The Morgan fingerprint density at radius 3 is 3.00 bits per heavy atom. The Balaban J connectivity index is 2.17. The minimum absolute atomic E-state index is 0.245. The summed E-state index contributed by atoms with van der Waals surface area (Å²) in [5.74, 6) is 0.142. The Labute approximate surface area is 93.1 Å². The molecule has 0 aliphatic carbocycles. The van der Waals surface area contributed by atoms with Gasteiger partial charge in [-0.05, 0) is 25.8 Å². The van der Waals surface area contributed by atoms with Gasteiger partial charge in [-0.15, -0.1) is 0 Å². The van der Waals surface area contributed by atoms with Gasteiger partial charge in [0.25, 0.3) is 0 Å². The lowest BCUT2D eigenvalue weighted by Gasteiger charge is -1.99. The van der Waals surface area contributed by atoms with Crippen LogP contribution in [0.3, 0.4) is 0 Å². The van der Waals surface area contributed by atoms with E-state index < -0.39 is 5.97 Å². The molecule has 0 spiro atoms. The Morgan fingerprint density at radius 2 is 2.33 bits per heavy atom. The lowest BCUT2D eigenvalue weighted by molar-refractivity contribution is -0.137. The lowest BCUT2D eigenvalue weighted by atomic mass is 10.3. The average molecular weight is 226 g/mol. The first-order valence-electron chi connectivity index (χ1n) is 4.83. The topological polar surface area (TPSA) is 63.1 Å². The van der Waals surface area contributed by atoms with Crippen molar-refractivity contribution in [3.8, 4) is 0 Å². The summed E-state index contributed by atoms with van der Waals surface area (Å²) in [6, 6.07) is 1.86. The number of thioether (sulfide) groups is 1. The largest absolute Gasteiger partial charge is 0.481 e. The van der Waals surface area contributed by atoms with Crippen molar-refractivity contribution in [2.75, 3.05) is 5.75 Å². The fourth-order valence-corrected chi connectivity index (χ4v) is 1.91. The van der Waals surface area contributed by atoms with E-state index in [-0.39, 0.29) is 6.42 Å². The van der Waals surface area contributed by atoms with Crippen molar-refractivity contribution in [2.45, 2.75) is 31.3 Å². The SMILES string of the molecule is Cc1ccnc(SCCCCC(=O)O)n1. The molecule has 0 saturated heterocycles. The van der Waals surface area contributed by atoms with Crippen LogP contribution >= 0.6 is 11.8 Å². The Bertz CT molecular complexity index is 331. The number of nitrogens with zero attached hydrogens (tertiary/aromatic N) is 2. The van der Waals surface area contributed by atoms with E-state index in [4.69, 9.17) is 5.11 Å². The van der Waals surface area contributed by atoms with Gasteiger partial charge < -0.3 is 5.11 Å². The van der Waals surface area contributed by atoms with E-state index >= 15 is 0 Å². The summed E-state index contributed by atoms with van der Waals surface area (Å²) in [7, 11) is 0. The maximum Gasteiger partial charge on any atom is 0.303 e. The van der Waals surface area contributed by atoms with Gasteiger partial charge in [-0.1, -0.05) is 11.8 Å². The predicted octanol–water partition coefficient (Wildman–Crippen LogP) is 2.13. The highest BCUT2D eigenvalue weighted by Crippen LogP contribution is 2.14. The van der Waals surface area contributed by atoms with Gasteiger partial charge in [0.2, 0.25) is 0 Å². The van der Waals surface area contributed by atoms with Crippen LogP contribution in [-0.2, 0) is 4.79 Å². The molecule has 0 fully saturated rings. The van der Waals surface area contributed by atoms with Crippen molar-refractivity contribution in [1.82, 2.24) is 9.97 Å². The van der Waals surface area contributed by atoms with E-state index in [1.807, 2.05) is 13.0 Å². The number of aryl methyl sites for hydroxylation is 1. The van der Waals surface area contributed by atoms with Crippen LogP contribution in [0, 0.1) is 6.92 Å². The van der Waals surface area contributed by atoms with Crippen LogP contribution in [0.2, 0.25) is 0 Å². The minimum atomic E-state index is -0.730.